The Kier molecular flexibility index (Phi) is 7.24. The lowest BCUT2D eigenvalue weighted by atomic mass is 10.1. The number of nitrogens with one attached hydrogen (secondary N) is 2. The van der Waals surface area contributed by atoms with E-state index in [1.54, 1.807) is 16.7 Å². The molecule has 0 radical (unpaired) electrons. The van der Waals surface area contributed by atoms with Crippen molar-refractivity contribution in [2.45, 2.75) is 31.1 Å². The fourth-order valence-electron chi connectivity index (χ4n) is 3.00. The molecule has 0 saturated heterocycles. The molecule has 156 valence electrons. The zero-order valence-corrected chi connectivity index (χ0v) is 18.0. The van der Waals surface area contributed by atoms with Crippen molar-refractivity contribution in [1.29, 1.82) is 0 Å². The van der Waals surface area contributed by atoms with Crippen molar-refractivity contribution >= 4 is 23.6 Å². The Morgan fingerprint density at radius 1 is 0.933 bits per heavy atom. The van der Waals surface area contributed by atoms with Crippen molar-refractivity contribution in [2.24, 2.45) is 7.05 Å². The zero-order valence-electron chi connectivity index (χ0n) is 17.2. The molecule has 2 amide bonds. The Morgan fingerprint density at radius 3 is 2.23 bits per heavy atom. The summed E-state index contributed by atoms with van der Waals surface area (Å²) in [6.45, 7) is 3.81. The van der Waals surface area contributed by atoms with Gasteiger partial charge in [0.1, 0.15) is 0 Å². The first-order chi connectivity index (χ1) is 14.5. The molecule has 2 atom stereocenters. The zero-order chi connectivity index (χ0) is 21.5. The van der Waals surface area contributed by atoms with Gasteiger partial charge in [-0.1, -0.05) is 60.3 Å². The van der Waals surface area contributed by atoms with Crippen LogP contribution in [-0.4, -0.2) is 32.3 Å². The number of amides is 2. The SMILES string of the molecule is C[C@@H](NC(=O)CSc1nnc([C@@H](C)NC(=O)c2ccccc2)n1C)c1ccccc1. The highest BCUT2D eigenvalue weighted by molar-refractivity contribution is 7.99. The lowest BCUT2D eigenvalue weighted by Gasteiger charge is -2.14. The molecule has 0 aliphatic carbocycles. The van der Waals surface area contributed by atoms with Crippen LogP contribution < -0.4 is 10.6 Å². The average molecular weight is 424 g/mol. The van der Waals surface area contributed by atoms with Gasteiger partial charge < -0.3 is 15.2 Å². The number of hydrogen-bond acceptors (Lipinski definition) is 5. The van der Waals surface area contributed by atoms with Gasteiger partial charge in [0.25, 0.3) is 5.91 Å². The number of rotatable bonds is 8. The lowest BCUT2D eigenvalue weighted by Crippen LogP contribution is -2.28. The predicted octanol–water partition coefficient (Wildman–Crippen LogP) is 3.28. The number of aromatic nitrogens is 3. The third-order valence-electron chi connectivity index (χ3n) is 4.65. The van der Waals surface area contributed by atoms with Crippen molar-refractivity contribution in [3.05, 3.63) is 77.6 Å². The van der Waals surface area contributed by atoms with E-state index in [2.05, 4.69) is 20.8 Å². The van der Waals surface area contributed by atoms with Crippen LogP contribution in [0.2, 0.25) is 0 Å². The molecule has 0 aliphatic rings. The Morgan fingerprint density at radius 2 is 1.57 bits per heavy atom. The van der Waals surface area contributed by atoms with Crippen molar-refractivity contribution < 1.29 is 9.59 Å². The smallest absolute Gasteiger partial charge is 0.251 e. The molecule has 7 nitrogen and oxygen atoms in total. The molecule has 8 heteroatoms. The number of hydrogen-bond donors (Lipinski definition) is 2. The van der Waals surface area contributed by atoms with Crippen molar-refractivity contribution in [1.82, 2.24) is 25.4 Å². The van der Waals surface area contributed by atoms with Crippen LogP contribution in [0.15, 0.2) is 65.8 Å². The Balaban J connectivity index is 1.54. The summed E-state index contributed by atoms with van der Waals surface area (Å²) in [5.41, 5.74) is 1.64. The summed E-state index contributed by atoms with van der Waals surface area (Å²) in [7, 11) is 1.83. The van der Waals surface area contributed by atoms with Gasteiger partial charge in [0.05, 0.1) is 17.8 Å². The Hall–Kier alpha value is -3.13. The predicted molar refractivity (Wildman–Crippen MR) is 117 cm³/mol. The number of carbonyl (C=O) groups is 2. The minimum atomic E-state index is -0.323. The second kappa shape index (κ2) is 10.1. The van der Waals surface area contributed by atoms with Gasteiger partial charge in [-0.2, -0.15) is 0 Å². The third kappa shape index (κ3) is 5.48. The number of nitrogens with zero attached hydrogens (tertiary/aromatic N) is 3. The summed E-state index contributed by atoms with van der Waals surface area (Å²) in [4.78, 5) is 24.7. The number of benzene rings is 2. The largest absolute Gasteiger partial charge is 0.349 e. The van der Waals surface area contributed by atoms with Crippen molar-refractivity contribution in [3.63, 3.8) is 0 Å². The van der Waals surface area contributed by atoms with Crippen molar-refractivity contribution in [2.75, 3.05) is 5.75 Å². The molecule has 2 aromatic carbocycles. The maximum atomic E-state index is 12.4. The minimum Gasteiger partial charge on any atom is -0.349 e. The van der Waals surface area contributed by atoms with Gasteiger partial charge in [0, 0.05) is 12.6 Å². The quantitative estimate of drug-likeness (QED) is 0.543. The minimum absolute atomic E-state index is 0.0671. The highest BCUT2D eigenvalue weighted by Gasteiger charge is 2.19. The van der Waals surface area contributed by atoms with E-state index in [1.165, 1.54) is 11.8 Å². The fourth-order valence-corrected chi connectivity index (χ4v) is 3.73. The van der Waals surface area contributed by atoms with Crippen LogP contribution in [0.4, 0.5) is 0 Å². The van der Waals surface area contributed by atoms with E-state index in [4.69, 9.17) is 0 Å². The van der Waals surface area contributed by atoms with Crippen LogP contribution in [0.3, 0.4) is 0 Å². The fraction of sp³-hybridized carbons (Fsp3) is 0.273. The molecule has 0 aliphatic heterocycles. The van der Waals surface area contributed by atoms with E-state index in [0.29, 0.717) is 16.5 Å². The van der Waals surface area contributed by atoms with Gasteiger partial charge in [-0.25, -0.2) is 0 Å². The molecular formula is C22H25N5O2S. The summed E-state index contributed by atoms with van der Waals surface area (Å²) in [5.74, 6) is 0.606. The number of thioether (sulfide) groups is 1. The molecule has 0 saturated carbocycles. The summed E-state index contributed by atoms with van der Waals surface area (Å²) < 4.78 is 1.80. The summed E-state index contributed by atoms with van der Waals surface area (Å²) in [6, 6.07) is 18.4. The van der Waals surface area contributed by atoms with E-state index in [1.807, 2.05) is 69.4 Å². The first-order valence-electron chi connectivity index (χ1n) is 9.68. The summed E-state index contributed by atoms with van der Waals surface area (Å²) in [5, 5.41) is 14.9. The van der Waals surface area contributed by atoms with Gasteiger partial charge in [-0.05, 0) is 31.5 Å². The van der Waals surface area contributed by atoms with Gasteiger partial charge >= 0.3 is 0 Å². The lowest BCUT2D eigenvalue weighted by molar-refractivity contribution is -0.119. The summed E-state index contributed by atoms with van der Waals surface area (Å²) >= 11 is 1.31. The summed E-state index contributed by atoms with van der Waals surface area (Å²) in [6.07, 6.45) is 0. The van der Waals surface area contributed by atoms with E-state index in [9.17, 15) is 9.59 Å². The van der Waals surface area contributed by atoms with E-state index < -0.39 is 0 Å². The molecular weight excluding hydrogens is 398 g/mol. The first-order valence-corrected chi connectivity index (χ1v) is 10.7. The van der Waals surface area contributed by atoms with Crippen LogP contribution in [0, 0.1) is 0 Å². The molecule has 1 aromatic heterocycles. The molecule has 0 bridgehead atoms. The van der Waals surface area contributed by atoms with E-state index in [-0.39, 0.29) is 29.7 Å². The molecule has 1 heterocycles. The number of carbonyl (C=O) groups excluding carboxylic acids is 2. The second-order valence-corrected chi connectivity index (χ2v) is 7.89. The topological polar surface area (TPSA) is 88.9 Å². The Labute approximate surface area is 180 Å². The maximum absolute atomic E-state index is 12.4. The molecule has 3 rings (SSSR count). The Bertz CT molecular complexity index is 991. The van der Waals surface area contributed by atoms with Crippen LogP contribution in [0.5, 0.6) is 0 Å². The van der Waals surface area contributed by atoms with Crippen molar-refractivity contribution in [3.8, 4) is 0 Å². The van der Waals surface area contributed by atoms with Gasteiger partial charge in [0.2, 0.25) is 5.91 Å². The average Bonchev–Trinajstić information content (AvgIpc) is 3.14. The highest BCUT2D eigenvalue weighted by atomic mass is 32.2. The highest BCUT2D eigenvalue weighted by Crippen LogP contribution is 2.20. The van der Waals surface area contributed by atoms with Crippen LogP contribution >= 0.6 is 11.8 Å². The first kappa shape index (κ1) is 21.6. The molecule has 0 unspecified atom stereocenters. The monoisotopic (exact) mass is 423 g/mol. The van der Waals surface area contributed by atoms with Crippen LogP contribution in [-0.2, 0) is 11.8 Å². The molecule has 0 spiro atoms. The standard InChI is InChI=1S/C22H25N5O2S/c1-15(17-10-6-4-7-11-17)23-19(28)14-30-22-26-25-20(27(22)3)16(2)24-21(29)18-12-8-5-9-13-18/h4-13,15-16H,14H2,1-3H3,(H,23,28)(H,24,29)/t15-,16-/m1/s1. The van der Waals surface area contributed by atoms with Gasteiger partial charge in [-0.15, -0.1) is 10.2 Å². The van der Waals surface area contributed by atoms with Gasteiger partial charge in [-0.3, -0.25) is 9.59 Å². The van der Waals surface area contributed by atoms with Gasteiger partial charge in [0.15, 0.2) is 11.0 Å². The second-order valence-electron chi connectivity index (χ2n) is 6.95. The molecule has 3 aromatic rings. The van der Waals surface area contributed by atoms with E-state index >= 15 is 0 Å². The molecule has 0 fully saturated rings. The third-order valence-corrected chi connectivity index (χ3v) is 5.67. The molecule has 2 N–H and O–H groups in total. The molecule has 30 heavy (non-hydrogen) atoms. The maximum Gasteiger partial charge on any atom is 0.251 e. The van der Waals surface area contributed by atoms with Crippen LogP contribution in [0.25, 0.3) is 0 Å². The normalized spacial score (nSPS) is 12.8. The van der Waals surface area contributed by atoms with E-state index in [0.717, 1.165) is 5.56 Å². The van der Waals surface area contributed by atoms with Crippen LogP contribution in [0.1, 0.15) is 47.7 Å².